The van der Waals surface area contributed by atoms with Crippen molar-refractivity contribution in [3.05, 3.63) is 71.9 Å². The van der Waals surface area contributed by atoms with Crippen LogP contribution in [0.15, 0.2) is 54.9 Å². The molecule has 2 atom stereocenters. The van der Waals surface area contributed by atoms with Gasteiger partial charge in [0.05, 0.1) is 28.7 Å². The Morgan fingerprint density at radius 2 is 1.83 bits per heavy atom. The number of aromatic nitrogens is 4. The van der Waals surface area contributed by atoms with Gasteiger partial charge in [-0.3, -0.25) is 4.98 Å². The normalized spacial score (nSPS) is 17.0. The zero-order chi connectivity index (χ0) is 29.2. The highest BCUT2D eigenvalue weighted by atomic mass is 19.4. The standard InChI is InChI=1S/C28H26F6N6O/c1-2-41-24(20-7-3-4-12-35-20)26-39-21-14-16(23-19(27(29,30)31)6-5-13-36-23)8-10-18(21)25(40-26)38-17-9-11-22(37-15-17)28(32,33)34/h5-6,8-11,13-15,20,24,35H,2-4,7,12H2,1H3,(H,38,39,40). The molecule has 1 aromatic carbocycles. The third kappa shape index (κ3) is 6.41. The van der Waals surface area contributed by atoms with Gasteiger partial charge in [-0.15, -0.1) is 0 Å². The summed E-state index contributed by atoms with van der Waals surface area (Å²) in [5.41, 5.74) is -1.44. The Kier molecular flexibility index (Phi) is 8.09. The van der Waals surface area contributed by atoms with Crippen molar-refractivity contribution < 1.29 is 31.1 Å². The Bertz CT molecular complexity index is 1500. The van der Waals surface area contributed by atoms with Crippen molar-refractivity contribution in [2.75, 3.05) is 18.5 Å². The first-order chi connectivity index (χ1) is 19.5. The van der Waals surface area contributed by atoms with Crippen molar-refractivity contribution in [2.24, 2.45) is 0 Å². The maximum atomic E-state index is 13.7. The average Bonchev–Trinajstić information content (AvgIpc) is 2.95. The third-order valence-corrected chi connectivity index (χ3v) is 6.73. The molecule has 1 aliphatic rings. The van der Waals surface area contributed by atoms with Crippen LogP contribution in [-0.4, -0.2) is 39.1 Å². The summed E-state index contributed by atoms with van der Waals surface area (Å²) in [6, 6.07) is 8.67. The Labute approximate surface area is 231 Å². The minimum Gasteiger partial charge on any atom is -0.369 e. The number of pyridine rings is 2. The molecule has 5 rings (SSSR count). The molecule has 4 aromatic rings. The second-order valence-electron chi connectivity index (χ2n) is 9.55. The number of halogens is 6. The summed E-state index contributed by atoms with van der Waals surface area (Å²) in [7, 11) is 0. The van der Waals surface area contributed by atoms with E-state index in [1.54, 1.807) is 6.07 Å². The molecular weight excluding hydrogens is 550 g/mol. The first-order valence-electron chi connectivity index (χ1n) is 13.0. The second kappa shape index (κ2) is 11.6. The number of rotatable bonds is 7. The second-order valence-corrected chi connectivity index (χ2v) is 9.55. The van der Waals surface area contributed by atoms with Crippen molar-refractivity contribution >= 4 is 22.4 Å². The van der Waals surface area contributed by atoms with Crippen LogP contribution < -0.4 is 10.6 Å². The zero-order valence-electron chi connectivity index (χ0n) is 21.9. The third-order valence-electron chi connectivity index (χ3n) is 6.73. The van der Waals surface area contributed by atoms with Gasteiger partial charge in [-0.05, 0) is 62.7 Å². The lowest BCUT2D eigenvalue weighted by Crippen LogP contribution is -2.40. The molecule has 216 valence electrons. The number of nitrogens with zero attached hydrogens (tertiary/aromatic N) is 4. The summed E-state index contributed by atoms with van der Waals surface area (Å²) in [5, 5.41) is 6.87. The number of nitrogens with one attached hydrogen (secondary N) is 2. The van der Waals surface area contributed by atoms with Gasteiger partial charge in [-0.1, -0.05) is 12.5 Å². The van der Waals surface area contributed by atoms with Crippen LogP contribution in [0.25, 0.3) is 22.2 Å². The van der Waals surface area contributed by atoms with E-state index < -0.39 is 29.7 Å². The first kappa shape index (κ1) is 28.7. The molecule has 0 saturated carbocycles. The molecule has 2 unspecified atom stereocenters. The van der Waals surface area contributed by atoms with Gasteiger partial charge in [-0.25, -0.2) is 15.0 Å². The molecule has 3 aromatic heterocycles. The Balaban J connectivity index is 1.63. The number of benzene rings is 1. The Hall–Kier alpha value is -3.84. The molecule has 2 N–H and O–H groups in total. The predicted octanol–water partition coefficient (Wildman–Crippen LogP) is 7.09. The van der Waals surface area contributed by atoms with Crippen molar-refractivity contribution in [2.45, 2.75) is 50.7 Å². The maximum absolute atomic E-state index is 13.7. The molecule has 41 heavy (non-hydrogen) atoms. The van der Waals surface area contributed by atoms with Crippen LogP contribution in [0.2, 0.25) is 0 Å². The van der Waals surface area contributed by atoms with Crippen molar-refractivity contribution in [3.63, 3.8) is 0 Å². The lowest BCUT2D eigenvalue weighted by Gasteiger charge is -2.30. The van der Waals surface area contributed by atoms with E-state index in [1.807, 2.05) is 6.92 Å². The zero-order valence-corrected chi connectivity index (χ0v) is 21.9. The highest BCUT2D eigenvalue weighted by Gasteiger charge is 2.35. The highest BCUT2D eigenvalue weighted by Crippen LogP contribution is 2.38. The molecule has 1 aliphatic heterocycles. The summed E-state index contributed by atoms with van der Waals surface area (Å²) in [6.07, 6.45) is -4.67. The van der Waals surface area contributed by atoms with Gasteiger partial charge in [0.25, 0.3) is 0 Å². The average molecular weight is 577 g/mol. The Morgan fingerprint density at radius 1 is 1.00 bits per heavy atom. The van der Waals surface area contributed by atoms with Crippen LogP contribution in [0.3, 0.4) is 0 Å². The van der Waals surface area contributed by atoms with Crippen LogP contribution in [0.5, 0.6) is 0 Å². The van der Waals surface area contributed by atoms with E-state index in [4.69, 9.17) is 9.72 Å². The molecule has 0 aliphatic carbocycles. The molecule has 13 heteroatoms. The van der Waals surface area contributed by atoms with E-state index in [-0.39, 0.29) is 34.6 Å². The summed E-state index contributed by atoms with van der Waals surface area (Å²) in [4.78, 5) is 16.9. The largest absolute Gasteiger partial charge is 0.433 e. The smallest absolute Gasteiger partial charge is 0.369 e. The minimum absolute atomic E-state index is 0.0995. The van der Waals surface area contributed by atoms with Crippen LogP contribution in [0.1, 0.15) is 49.4 Å². The molecular formula is C28H26F6N6O. The van der Waals surface area contributed by atoms with E-state index in [1.165, 1.54) is 30.5 Å². The number of alkyl halides is 6. The van der Waals surface area contributed by atoms with Gasteiger partial charge >= 0.3 is 12.4 Å². The van der Waals surface area contributed by atoms with Gasteiger partial charge in [0.15, 0.2) is 5.82 Å². The number of anilines is 2. The van der Waals surface area contributed by atoms with E-state index in [0.29, 0.717) is 17.5 Å². The number of hydrogen-bond donors (Lipinski definition) is 2. The van der Waals surface area contributed by atoms with Crippen LogP contribution >= 0.6 is 0 Å². The summed E-state index contributed by atoms with van der Waals surface area (Å²) < 4.78 is 86.3. The number of fused-ring (bicyclic) bond motifs is 1. The fraction of sp³-hybridized carbons (Fsp3) is 0.357. The van der Waals surface area contributed by atoms with Gasteiger partial charge in [0.1, 0.15) is 17.6 Å². The van der Waals surface area contributed by atoms with Gasteiger partial charge in [0, 0.05) is 29.8 Å². The van der Waals surface area contributed by atoms with Crippen LogP contribution in [0, 0.1) is 0 Å². The van der Waals surface area contributed by atoms with Crippen LogP contribution in [0.4, 0.5) is 37.8 Å². The van der Waals surface area contributed by atoms with Crippen molar-refractivity contribution in [1.29, 1.82) is 0 Å². The van der Waals surface area contributed by atoms with E-state index in [2.05, 4.69) is 25.6 Å². The monoisotopic (exact) mass is 576 g/mol. The molecule has 0 spiro atoms. The molecule has 4 heterocycles. The summed E-state index contributed by atoms with van der Waals surface area (Å²) in [6.45, 7) is 2.98. The van der Waals surface area contributed by atoms with E-state index >= 15 is 0 Å². The lowest BCUT2D eigenvalue weighted by molar-refractivity contribution is -0.141. The number of hydrogen-bond acceptors (Lipinski definition) is 7. The quantitative estimate of drug-likeness (QED) is 0.227. The van der Waals surface area contributed by atoms with E-state index in [0.717, 1.165) is 44.1 Å². The topological polar surface area (TPSA) is 84.8 Å². The van der Waals surface area contributed by atoms with Gasteiger partial charge in [-0.2, -0.15) is 26.3 Å². The van der Waals surface area contributed by atoms with Gasteiger partial charge in [0.2, 0.25) is 0 Å². The minimum atomic E-state index is -4.62. The van der Waals surface area contributed by atoms with Gasteiger partial charge < -0.3 is 15.4 Å². The molecule has 7 nitrogen and oxygen atoms in total. The molecule has 0 radical (unpaired) electrons. The lowest BCUT2D eigenvalue weighted by atomic mass is 9.98. The highest BCUT2D eigenvalue weighted by molar-refractivity contribution is 5.93. The number of ether oxygens (including phenoxy) is 1. The summed E-state index contributed by atoms with van der Waals surface area (Å²) >= 11 is 0. The fourth-order valence-corrected chi connectivity index (χ4v) is 4.84. The van der Waals surface area contributed by atoms with Crippen molar-refractivity contribution in [1.82, 2.24) is 25.3 Å². The Morgan fingerprint density at radius 3 is 2.49 bits per heavy atom. The fourth-order valence-electron chi connectivity index (χ4n) is 4.84. The van der Waals surface area contributed by atoms with Crippen molar-refractivity contribution in [3.8, 4) is 11.3 Å². The number of piperidine rings is 1. The maximum Gasteiger partial charge on any atom is 0.433 e. The molecule has 1 fully saturated rings. The SMILES string of the molecule is CCOC(c1nc(Nc2ccc(C(F)(F)F)nc2)c2ccc(-c3ncccc3C(F)(F)F)cc2n1)C1CCCCN1. The molecule has 0 bridgehead atoms. The molecule has 1 saturated heterocycles. The predicted molar refractivity (Wildman–Crippen MR) is 140 cm³/mol. The van der Waals surface area contributed by atoms with E-state index in [9.17, 15) is 26.3 Å². The summed E-state index contributed by atoms with van der Waals surface area (Å²) in [5.74, 6) is 0.533. The first-order valence-corrected chi connectivity index (χ1v) is 13.0. The molecule has 0 amide bonds. The van der Waals surface area contributed by atoms with Crippen LogP contribution in [-0.2, 0) is 17.1 Å².